The first-order valence-electron chi connectivity index (χ1n) is 8.57. The molecule has 1 aliphatic carbocycles. The lowest BCUT2D eigenvalue weighted by Gasteiger charge is -2.20. The molecule has 0 saturated heterocycles. The Morgan fingerprint density at radius 3 is 2.33 bits per heavy atom. The van der Waals surface area contributed by atoms with Crippen molar-refractivity contribution >= 4 is 5.82 Å². The zero-order valence-corrected chi connectivity index (χ0v) is 13.6. The summed E-state index contributed by atoms with van der Waals surface area (Å²) in [5, 5.41) is 3.62. The standard InChI is InChI=1S/C21H21N3/c1-3-7-16(8-4-1)15-19(17-9-5-2-6-10-17)23-20-13-14-22-21(24-20)18-11-12-18/h1-10,13-14,18-19H,11-12,15H2,(H,22,23,24)/t19-/m0/s1. The van der Waals surface area contributed by atoms with Gasteiger partial charge in [0.25, 0.3) is 0 Å². The fourth-order valence-electron chi connectivity index (χ4n) is 2.96. The normalized spacial score (nSPS) is 15.0. The quantitative estimate of drug-likeness (QED) is 0.713. The first kappa shape index (κ1) is 14.9. The van der Waals surface area contributed by atoms with Crippen molar-refractivity contribution in [3.63, 3.8) is 0 Å². The fourth-order valence-corrected chi connectivity index (χ4v) is 2.96. The van der Waals surface area contributed by atoms with E-state index in [-0.39, 0.29) is 6.04 Å². The van der Waals surface area contributed by atoms with Gasteiger partial charge in [0.2, 0.25) is 0 Å². The third-order valence-electron chi connectivity index (χ3n) is 4.42. The molecule has 0 amide bonds. The Labute approximate surface area is 142 Å². The number of benzene rings is 2. The number of rotatable bonds is 6. The van der Waals surface area contributed by atoms with Gasteiger partial charge in [-0.25, -0.2) is 9.97 Å². The molecule has 24 heavy (non-hydrogen) atoms. The Kier molecular flexibility index (Phi) is 4.24. The molecule has 1 aliphatic rings. The fraction of sp³-hybridized carbons (Fsp3) is 0.238. The van der Waals surface area contributed by atoms with E-state index in [1.165, 1.54) is 24.0 Å². The van der Waals surface area contributed by atoms with Crippen molar-refractivity contribution in [2.75, 3.05) is 5.32 Å². The predicted octanol–water partition coefficient (Wildman–Crippen LogP) is 4.75. The van der Waals surface area contributed by atoms with Gasteiger partial charge < -0.3 is 5.32 Å². The lowest BCUT2D eigenvalue weighted by Crippen LogP contribution is -2.15. The van der Waals surface area contributed by atoms with Crippen LogP contribution in [0.2, 0.25) is 0 Å². The van der Waals surface area contributed by atoms with Gasteiger partial charge in [-0.15, -0.1) is 0 Å². The molecule has 0 spiro atoms. The van der Waals surface area contributed by atoms with Crippen molar-refractivity contribution < 1.29 is 0 Å². The second-order valence-electron chi connectivity index (χ2n) is 6.37. The molecule has 3 nitrogen and oxygen atoms in total. The van der Waals surface area contributed by atoms with Crippen LogP contribution in [-0.4, -0.2) is 9.97 Å². The topological polar surface area (TPSA) is 37.8 Å². The van der Waals surface area contributed by atoms with Crippen LogP contribution in [0.15, 0.2) is 72.9 Å². The zero-order chi connectivity index (χ0) is 16.2. The first-order chi connectivity index (χ1) is 11.9. The molecule has 0 unspecified atom stereocenters. The predicted molar refractivity (Wildman–Crippen MR) is 97.0 cm³/mol. The summed E-state index contributed by atoms with van der Waals surface area (Å²) in [4.78, 5) is 9.13. The van der Waals surface area contributed by atoms with Gasteiger partial charge in [0.05, 0.1) is 6.04 Å². The van der Waals surface area contributed by atoms with E-state index < -0.39 is 0 Å². The van der Waals surface area contributed by atoms with E-state index in [0.717, 1.165) is 18.1 Å². The van der Waals surface area contributed by atoms with Gasteiger partial charge in [0, 0.05) is 12.1 Å². The summed E-state index contributed by atoms with van der Waals surface area (Å²) in [6, 6.07) is 23.3. The highest BCUT2D eigenvalue weighted by molar-refractivity contribution is 5.39. The van der Waals surface area contributed by atoms with Gasteiger partial charge in [-0.05, 0) is 36.5 Å². The van der Waals surface area contributed by atoms with E-state index in [0.29, 0.717) is 5.92 Å². The average molecular weight is 315 g/mol. The van der Waals surface area contributed by atoms with Crippen molar-refractivity contribution in [2.24, 2.45) is 0 Å². The molecule has 0 aliphatic heterocycles. The van der Waals surface area contributed by atoms with Crippen molar-refractivity contribution in [2.45, 2.75) is 31.2 Å². The van der Waals surface area contributed by atoms with Crippen LogP contribution in [0.25, 0.3) is 0 Å². The highest BCUT2D eigenvalue weighted by Gasteiger charge is 2.26. The summed E-state index contributed by atoms with van der Waals surface area (Å²) in [6.45, 7) is 0. The largest absolute Gasteiger partial charge is 0.363 e. The maximum Gasteiger partial charge on any atom is 0.133 e. The number of anilines is 1. The van der Waals surface area contributed by atoms with Crippen LogP contribution in [0.3, 0.4) is 0 Å². The van der Waals surface area contributed by atoms with Gasteiger partial charge >= 0.3 is 0 Å². The molecule has 0 bridgehead atoms. The maximum atomic E-state index is 4.72. The Hall–Kier alpha value is -2.68. The van der Waals surface area contributed by atoms with E-state index >= 15 is 0 Å². The molecule has 4 rings (SSSR count). The minimum Gasteiger partial charge on any atom is -0.363 e. The summed E-state index contributed by atoms with van der Waals surface area (Å²) in [5.41, 5.74) is 2.59. The summed E-state index contributed by atoms with van der Waals surface area (Å²) < 4.78 is 0. The van der Waals surface area contributed by atoms with Crippen LogP contribution >= 0.6 is 0 Å². The molecule has 1 N–H and O–H groups in total. The summed E-state index contributed by atoms with van der Waals surface area (Å²) in [7, 11) is 0. The Morgan fingerprint density at radius 2 is 1.62 bits per heavy atom. The molecule has 120 valence electrons. The molecule has 2 aromatic carbocycles. The maximum absolute atomic E-state index is 4.72. The van der Waals surface area contributed by atoms with Crippen molar-refractivity contribution in [3.05, 3.63) is 89.9 Å². The van der Waals surface area contributed by atoms with Crippen molar-refractivity contribution in [1.29, 1.82) is 0 Å². The number of hydrogen-bond acceptors (Lipinski definition) is 3. The summed E-state index contributed by atoms with van der Waals surface area (Å²) in [5.74, 6) is 2.46. The van der Waals surface area contributed by atoms with Crippen molar-refractivity contribution in [1.82, 2.24) is 9.97 Å². The van der Waals surface area contributed by atoms with Crippen LogP contribution in [0.5, 0.6) is 0 Å². The Bertz CT molecular complexity index is 782. The van der Waals surface area contributed by atoms with Crippen LogP contribution in [0.1, 0.15) is 41.8 Å². The highest BCUT2D eigenvalue weighted by Crippen LogP contribution is 2.38. The molecule has 1 fully saturated rings. The van der Waals surface area contributed by atoms with Gasteiger partial charge in [-0.1, -0.05) is 60.7 Å². The van der Waals surface area contributed by atoms with Gasteiger partial charge in [-0.2, -0.15) is 0 Å². The minimum atomic E-state index is 0.190. The third-order valence-corrected chi connectivity index (χ3v) is 4.42. The smallest absolute Gasteiger partial charge is 0.133 e. The molecule has 1 atom stereocenters. The molecule has 0 radical (unpaired) electrons. The number of nitrogens with zero attached hydrogens (tertiary/aromatic N) is 2. The molecular formula is C21H21N3. The van der Waals surface area contributed by atoms with Gasteiger partial charge in [0.1, 0.15) is 11.6 Å². The summed E-state index contributed by atoms with van der Waals surface area (Å²) in [6.07, 6.45) is 5.23. The molecule has 1 heterocycles. The van der Waals surface area contributed by atoms with E-state index in [4.69, 9.17) is 4.98 Å². The third kappa shape index (κ3) is 3.62. The zero-order valence-electron chi connectivity index (χ0n) is 13.6. The van der Waals surface area contributed by atoms with E-state index in [2.05, 4.69) is 71.0 Å². The van der Waals surface area contributed by atoms with Gasteiger partial charge in [-0.3, -0.25) is 0 Å². The first-order valence-corrected chi connectivity index (χ1v) is 8.57. The van der Waals surface area contributed by atoms with Crippen molar-refractivity contribution in [3.8, 4) is 0 Å². The molecule has 3 aromatic rings. The second-order valence-corrected chi connectivity index (χ2v) is 6.37. The Balaban J connectivity index is 1.59. The molecule has 1 saturated carbocycles. The SMILES string of the molecule is c1ccc(C[C@H](Nc2ccnc(C3CC3)n2)c2ccccc2)cc1. The van der Waals surface area contributed by atoms with Crippen LogP contribution in [-0.2, 0) is 6.42 Å². The molecule has 3 heteroatoms. The minimum absolute atomic E-state index is 0.190. The van der Waals surface area contributed by atoms with E-state index in [1.54, 1.807) is 0 Å². The van der Waals surface area contributed by atoms with E-state index in [9.17, 15) is 0 Å². The second kappa shape index (κ2) is 6.83. The molecule has 1 aromatic heterocycles. The van der Waals surface area contributed by atoms with Crippen LogP contribution < -0.4 is 5.32 Å². The average Bonchev–Trinajstić information content (AvgIpc) is 3.48. The Morgan fingerprint density at radius 1 is 0.917 bits per heavy atom. The lowest BCUT2D eigenvalue weighted by atomic mass is 9.99. The monoisotopic (exact) mass is 315 g/mol. The van der Waals surface area contributed by atoms with E-state index in [1.807, 2.05) is 12.3 Å². The summed E-state index contributed by atoms with van der Waals surface area (Å²) >= 11 is 0. The van der Waals surface area contributed by atoms with Crippen LogP contribution in [0, 0.1) is 0 Å². The molecular weight excluding hydrogens is 294 g/mol. The highest BCUT2D eigenvalue weighted by atomic mass is 15.1. The van der Waals surface area contributed by atoms with Crippen LogP contribution in [0.4, 0.5) is 5.82 Å². The lowest BCUT2D eigenvalue weighted by molar-refractivity contribution is 0.765. The number of nitrogens with one attached hydrogen (secondary N) is 1. The number of hydrogen-bond donors (Lipinski definition) is 1. The number of aromatic nitrogens is 2. The van der Waals surface area contributed by atoms with Gasteiger partial charge in [0.15, 0.2) is 0 Å².